The van der Waals surface area contributed by atoms with E-state index >= 15 is 0 Å². The number of nitrogens with two attached hydrogens (primary N) is 1. The first-order valence-electron chi connectivity index (χ1n) is 7.50. The normalized spacial score (nSPS) is 10.8. The molecule has 0 saturated carbocycles. The molecule has 24 heavy (non-hydrogen) atoms. The number of hydrogen-bond donors (Lipinski definition) is 2. The van der Waals surface area contributed by atoms with Gasteiger partial charge in [0, 0.05) is 19.5 Å². The summed E-state index contributed by atoms with van der Waals surface area (Å²) >= 11 is 0. The van der Waals surface area contributed by atoms with Crippen LogP contribution in [-0.4, -0.2) is 33.3 Å². The first kappa shape index (κ1) is 20.1. The Hall–Kier alpha value is -1.90. The van der Waals surface area contributed by atoms with E-state index in [4.69, 9.17) is 19.6 Å². The highest BCUT2D eigenvalue weighted by atomic mass is 127. The molecule has 1 aromatic carbocycles. The standard InChI is InChI=1S/C17H23N3O3.HI/c1-21-15-6-5-13(12-16(15)22-2)7-9-19-17(18)20-10-8-14-4-3-11-23-14;/h3-6,11-12H,7-10H2,1-2H3,(H3,18,19,20);1H. The molecule has 0 radical (unpaired) electrons. The Labute approximate surface area is 159 Å². The van der Waals surface area contributed by atoms with Gasteiger partial charge in [-0.1, -0.05) is 6.07 Å². The highest BCUT2D eigenvalue weighted by Gasteiger charge is 2.04. The monoisotopic (exact) mass is 445 g/mol. The molecule has 2 rings (SSSR count). The van der Waals surface area contributed by atoms with E-state index in [-0.39, 0.29) is 24.0 Å². The van der Waals surface area contributed by atoms with Crippen molar-refractivity contribution < 1.29 is 13.9 Å². The molecule has 0 amide bonds. The molecule has 0 unspecified atom stereocenters. The molecular formula is C17H24IN3O3. The lowest BCUT2D eigenvalue weighted by molar-refractivity contribution is 0.354. The van der Waals surface area contributed by atoms with E-state index in [1.165, 1.54) is 0 Å². The minimum Gasteiger partial charge on any atom is -0.493 e. The second-order valence-corrected chi connectivity index (χ2v) is 4.96. The first-order chi connectivity index (χ1) is 11.2. The van der Waals surface area contributed by atoms with E-state index < -0.39 is 0 Å². The van der Waals surface area contributed by atoms with Crippen molar-refractivity contribution in [2.45, 2.75) is 12.8 Å². The zero-order valence-electron chi connectivity index (χ0n) is 14.0. The maximum Gasteiger partial charge on any atom is 0.188 e. The predicted octanol–water partition coefficient (Wildman–Crippen LogP) is 2.60. The van der Waals surface area contributed by atoms with E-state index in [1.54, 1.807) is 20.5 Å². The summed E-state index contributed by atoms with van der Waals surface area (Å²) in [7, 11) is 3.25. The number of hydrogen-bond acceptors (Lipinski definition) is 4. The topological polar surface area (TPSA) is 82.0 Å². The molecule has 0 aliphatic carbocycles. The van der Waals surface area contributed by atoms with Gasteiger partial charge in [-0.2, -0.15) is 0 Å². The fourth-order valence-corrected chi connectivity index (χ4v) is 2.17. The third-order valence-electron chi connectivity index (χ3n) is 3.39. The molecule has 6 nitrogen and oxygen atoms in total. The number of ether oxygens (including phenoxy) is 2. The number of benzene rings is 1. The van der Waals surface area contributed by atoms with Crippen LogP contribution >= 0.6 is 24.0 Å². The first-order valence-corrected chi connectivity index (χ1v) is 7.50. The smallest absolute Gasteiger partial charge is 0.188 e. The average Bonchev–Trinajstić information content (AvgIpc) is 3.08. The fraction of sp³-hybridized carbons (Fsp3) is 0.353. The van der Waals surface area contributed by atoms with Crippen LogP contribution in [-0.2, 0) is 12.8 Å². The lowest BCUT2D eigenvalue weighted by Crippen LogP contribution is -2.33. The summed E-state index contributed by atoms with van der Waals surface area (Å²) < 4.78 is 15.8. The Kier molecular flexibility index (Phi) is 9.06. The van der Waals surface area contributed by atoms with Gasteiger partial charge in [-0.05, 0) is 36.2 Å². The van der Waals surface area contributed by atoms with Crippen LogP contribution < -0.4 is 20.5 Å². The minimum atomic E-state index is 0. The maximum atomic E-state index is 5.84. The lowest BCUT2D eigenvalue weighted by atomic mass is 10.1. The zero-order chi connectivity index (χ0) is 16.5. The van der Waals surface area contributed by atoms with Crippen LogP contribution in [0.25, 0.3) is 0 Å². The van der Waals surface area contributed by atoms with Crippen molar-refractivity contribution in [1.82, 2.24) is 5.32 Å². The highest BCUT2D eigenvalue weighted by molar-refractivity contribution is 14.0. The molecule has 0 bridgehead atoms. The van der Waals surface area contributed by atoms with Crippen molar-refractivity contribution in [1.29, 1.82) is 0 Å². The zero-order valence-corrected chi connectivity index (χ0v) is 16.3. The molecule has 0 aliphatic heterocycles. The van der Waals surface area contributed by atoms with Crippen LogP contribution in [0.2, 0.25) is 0 Å². The molecule has 1 aromatic heterocycles. The summed E-state index contributed by atoms with van der Waals surface area (Å²) in [5.74, 6) is 2.80. The molecule has 0 atom stereocenters. The predicted molar refractivity (Wildman–Crippen MR) is 106 cm³/mol. The molecule has 1 heterocycles. The van der Waals surface area contributed by atoms with Crippen LogP contribution in [0.1, 0.15) is 11.3 Å². The van der Waals surface area contributed by atoms with E-state index in [0.717, 1.165) is 35.7 Å². The second kappa shape index (κ2) is 10.8. The fourth-order valence-electron chi connectivity index (χ4n) is 2.17. The minimum absolute atomic E-state index is 0. The molecule has 0 spiro atoms. The van der Waals surface area contributed by atoms with Crippen molar-refractivity contribution >= 4 is 29.9 Å². The molecule has 7 heteroatoms. The van der Waals surface area contributed by atoms with E-state index in [2.05, 4.69) is 10.3 Å². The van der Waals surface area contributed by atoms with Crippen LogP contribution in [0.4, 0.5) is 0 Å². The molecule has 2 aromatic rings. The Morgan fingerprint density at radius 2 is 1.96 bits per heavy atom. The van der Waals surface area contributed by atoms with Crippen molar-refractivity contribution in [2.75, 3.05) is 27.3 Å². The number of guanidine groups is 1. The van der Waals surface area contributed by atoms with E-state index in [0.29, 0.717) is 19.0 Å². The summed E-state index contributed by atoms with van der Waals surface area (Å²) in [4.78, 5) is 4.27. The summed E-state index contributed by atoms with van der Waals surface area (Å²) in [6.45, 7) is 1.30. The van der Waals surface area contributed by atoms with E-state index in [1.807, 2.05) is 30.3 Å². The Morgan fingerprint density at radius 1 is 1.17 bits per heavy atom. The quantitative estimate of drug-likeness (QED) is 0.371. The van der Waals surface area contributed by atoms with Gasteiger partial charge in [0.1, 0.15) is 5.76 Å². The second-order valence-electron chi connectivity index (χ2n) is 4.96. The lowest BCUT2D eigenvalue weighted by Gasteiger charge is -2.10. The van der Waals surface area contributed by atoms with Crippen LogP contribution in [0.5, 0.6) is 11.5 Å². The van der Waals surface area contributed by atoms with Crippen molar-refractivity contribution in [3.8, 4) is 11.5 Å². The van der Waals surface area contributed by atoms with Gasteiger partial charge in [0.2, 0.25) is 0 Å². The molecule has 3 N–H and O–H groups in total. The van der Waals surface area contributed by atoms with Crippen molar-refractivity contribution in [2.24, 2.45) is 10.7 Å². The Bertz CT molecular complexity index is 630. The number of methoxy groups -OCH3 is 2. The third kappa shape index (κ3) is 6.31. The number of rotatable bonds is 8. The van der Waals surface area contributed by atoms with Crippen molar-refractivity contribution in [3.05, 3.63) is 47.9 Å². The van der Waals surface area contributed by atoms with Gasteiger partial charge in [-0.25, -0.2) is 0 Å². The van der Waals surface area contributed by atoms with Crippen LogP contribution in [0.15, 0.2) is 46.0 Å². The SMILES string of the molecule is COc1ccc(CCNC(N)=NCCc2ccco2)cc1OC.I. The highest BCUT2D eigenvalue weighted by Crippen LogP contribution is 2.27. The van der Waals surface area contributed by atoms with Crippen LogP contribution in [0, 0.1) is 0 Å². The molecule has 0 aliphatic rings. The van der Waals surface area contributed by atoms with Gasteiger partial charge in [0.05, 0.1) is 20.5 Å². The van der Waals surface area contributed by atoms with Gasteiger partial charge in [0.15, 0.2) is 17.5 Å². The third-order valence-corrected chi connectivity index (χ3v) is 3.39. The molecular weight excluding hydrogens is 421 g/mol. The van der Waals surface area contributed by atoms with Gasteiger partial charge in [-0.15, -0.1) is 24.0 Å². The van der Waals surface area contributed by atoms with Crippen molar-refractivity contribution in [3.63, 3.8) is 0 Å². The summed E-state index contributed by atoms with van der Waals surface area (Å²) in [5, 5.41) is 3.10. The molecule has 132 valence electrons. The summed E-state index contributed by atoms with van der Waals surface area (Å²) in [5.41, 5.74) is 6.98. The largest absolute Gasteiger partial charge is 0.493 e. The summed E-state index contributed by atoms with van der Waals surface area (Å²) in [6.07, 6.45) is 3.21. The number of furan rings is 1. The van der Waals surface area contributed by atoms with Gasteiger partial charge in [-0.3, -0.25) is 4.99 Å². The Morgan fingerprint density at radius 3 is 2.62 bits per heavy atom. The van der Waals surface area contributed by atoms with Crippen LogP contribution in [0.3, 0.4) is 0 Å². The average molecular weight is 445 g/mol. The number of halogens is 1. The molecule has 0 fully saturated rings. The maximum absolute atomic E-state index is 5.84. The number of aliphatic imine (C=N–C) groups is 1. The summed E-state index contributed by atoms with van der Waals surface area (Å²) in [6, 6.07) is 9.66. The number of nitrogens with zero attached hydrogens (tertiary/aromatic N) is 1. The van der Waals surface area contributed by atoms with Gasteiger partial charge < -0.3 is 24.9 Å². The van der Waals surface area contributed by atoms with E-state index in [9.17, 15) is 0 Å². The van der Waals surface area contributed by atoms with Gasteiger partial charge >= 0.3 is 0 Å². The molecule has 0 saturated heterocycles. The Balaban J connectivity index is 0.00000288. The number of nitrogens with one attached hydrogen (secondary N) is 1. The van der Waals surface area contributed by atoms with Gasteiger partial charge in [0.25, 0.3) is 0 Å².